The van der Waals surface area contributed by atoms with E-state index in [-0.39, 0.29) is 17.5 Å². The lowest BCUT2D eigenvalue weighted by molar-refractivity contribution is -0.152. The maximum absolute atomic E-state index is 11.7. The van der Waals surface area contributed by atoms with Gasteiger partial charge in [-0.15, -0.1) is 0 Å². The number of ether oxygens (including phenoxy) is 1. The van der Waals surface area contributed by atoms with Crippen LogP contribution in [-0.2, 0) is 9.53 Å². The lowest BCUT2D eigenvalue weighted by atomic mass is 9.71. The summed E-state index contributed by atoms with van der Waals surface area (Å²) in [6.07, 6.45) is 0.985. The molecule has 0 aliphatic heterocycles. The van der Waals surface area contributed by atoms with Gasteiger partial charge in [-0.05, 0) is 34.6 Å². The van der Waals surface area contributed by atoms with Crippen LogP contribution in [0.4, 0.5) is 0 Å². The molecule has 1 fully saturated rings. The Balaban J connectivity index is 1.93. The molecule has 2 aliphatic carbocycles. The van der Waals surface area contributed by atoms with Crippen molar-refractivity contribution < 1.29 is 9.53 Å². The van der Waals surface area contributed by atoms with Crippen LogP contribution < -0.4 is 0 Å². The second-order valence-electron chi connectivity index (χ2n) is 7.64. The summed E-state index contributed by atoms with van der Waals surface area (Å²) in [5.74, 6) is 0.572. The standard InChI is InChI=1S/C23H24O2/c1-15-19-14-23(3,22(15)25-16(2)24)21(18-12-8-5-9-13-18)20(19)17-10-6-4-7-11-17/h4-13,15,19,22H,14H2,1-3H3/t15-,19-,22-,23-/m1/s1. The lowest BCUT2D eigenvalue weighted by Crippen LogP contribution is -2.37. The van der Waals surface area contributed by atoms with E-state index in [1.807, 2.05) is 6.07 Å². The Morgan fingerprint density at radius 3 is 2.12 bits per heavy atom. The smallest absolute Gasteiger partial charge is 0.302 e. The fraction of sp³-hybridized carbons (Fsp3) is 0.348. The van der Waals surface area contributed by atoms with Gasteiger partial charge in [0.25, 0.3) is 0 Å². The van der Waals surface area contributed by atoms with Crippen molar-refractivity contribution in [2.75, 3.05) is 0 Å². The summed E-state index contributed by atoms with van der Waals surface area (Å²) in [4.78, 5) is 11.7. The number of rotatable bonds is 3. The fourth-order valence-corrected chi connectivity index (χ4v) is 5.13. The maximum atomic E-state index is 11.7. The van der Waals surface area contributed by atoms with Gasteiger partial charge < -0.3 is 4.74 Å². The van der Waals surface area contributed by atoms with Crippen LogP contribution in [0.15, 0.2) is 60.7 Å². The van der Waals surface area contributed by atoms with E-state index >= 15 is 0 Å². The first-order valence-corrected chi connectivity index (χ1v) is 9.05. The zero-order valence-electron chi connectivity index (χ0n) is 15.0. The minimum absolute atomic E-state index is 0.0577. The molecule has 128 valence electrons. The second-order valence-corrected chi connectivity index (χ2v) is 7.64. The molecule has 2 heteroatoms. The number of hydrogen-bond donors (Lipinski definition) is 0. The molecule has 2 aliphatic rings. The van der Waals surface area contributed by atoms with Gasteiger partial charge in [0.15, 0.2) is 0 Å². The highest BCUT2D eigenvalue weighted by Gasteiger charge is 2.59. The van der Waals surface area contributed by atoms with E-state index in [2.05, 4.69) is 68.4 Å². The number of fused-ring (bicyclic) bond motifs is 2. The Kier molecular flexibility index (Phi) is 3.79. The highest BCUT2D eigenvalue weighted by atomic mass is 16.5. The molecule has 0 spiro atoms. The van der Waals surface area contributed by atoms with Gasteiger partial charge >= 0.3 is 5.97 Å². The normalized spacial score (nSPS) is 30.6. The molecule has 0 radical (unpaired) electrons. The van der Waals surface area contributed by atoms with Gasteiger partial charge in [-0.3, -0.25) is 4.79 Å². The minimum Gasteiger partial charge on any atom is -0.461 e. The van der Waals surface area contributed by atoms with E-state index in [1.54, 1.807) is 0 Å². The summed E-state index contributed by atoms with van der Waals surface area (Å²) in [5, 5.41) is 0. The first-order chi connectivity index (χ1) is 12.0. The quantitative estimate of drug-likeness (QED) is 0.722. The summed E-state index contributed by atoms with van der Waals surface area (Å²) >= 11 is 0. The Morgan fingerprint density at radius 2 is 1.56 bits per heavy atom. The Hall–Kier alpha value is -2.35. The van der Waals surface area contributed by atoms with Crippen molar-refractivity contribution in [1.29, 1.82) is 0 Å². The summed E-state index contributed by atoms with van der Waals surface area (Å²) < 4.78 is 5.82. The predicted molar refractivity (Wildman–Crippen MR) is 101 cm³/mol. The molecule has 0 aromatic heterocycles. The van der Waals surface area contributed by atoms with E-state index in [0.29, 0.717) is 11.8 Å². The topological polar surface area (TPSA) is 26.3 Å². The molecule has 0 saturated heterocycles. The third-order valence-electron chi connectivity index (χ3n) is 6.04. The van der Waals surface area contributed by atoms with Gasteiger partial charge in [0.05, 0.1) is 0 Å². The van der Waals surface area contributed by atoms with Crippen LogP contribution in [-0.4, -0.2) is 12.1 Å². The number of allylic oxidation sites excluding steroid dienone is 1. The molecule has 2 nitrogen and oxygen atoms in total. The largest absolute Gasteiger partial charge is 0.461 e. The van der Waals surface area contributed by atoms with Crippen LogP contribution in [0.3, 0.4) is 0 Å². The molecule has 2 aromatic rings. The zero-order chi connectivity index (χ0) is 17.6. The van der Waals surface area contributed by atoms with E-state index in [9.17, 15) is 4.79 Å². The number of hydrogen-bond acceptors (Lipinski definition) is 2. The van der Waals surface area contributed by atoms with Crippen molar-refractivity contribution >= 4 is 17.1 Å². The summed E-state index contributed by atoms with van der Waals surface area (Å²) in [6.45, 7) is 6.02. The minimum atomic E-state index is -0.181. The van der Waals surface area contributed by atoms with E-state index in [1.165, 1.54) is 29.2 Å². The number of carbonyl (C=O) groups is 1. The first kappa shape index (κ1) is 16.1. The number of carbonyl (C=O) groups excluding carboxylic acids is 1. The van der Waals surface area contributed by atoms with Crippen molar-refractivity contribution in [1.82, 2.24) is 0 Å². The summed E-state index contributed by atoms with van der Waals surface area (Å²) in [7, 11) is 0. The molecule has 0 N–H and O–H groups in total. The molecule has 0 amide bonds. The molecule has 25 heavy (non-hydrogen) atoms. The Morgan fingerprint density at radius 1 is 1.00 bits per heavy atom. The molecule has 1 saturated carbocycles. The lowest BCUT2D eigenvalue weighted by Gasteiger charge is -2.38. The van der Waals surface area contributed by atoms with Crippen LogP contribution >= 0.6 is 0 Å². The third kappa shape index (κ3) is 2.43. The monoisotopic (exact) mass is 332 g/mol. The van der Waals surface area contributed by atoms with Gasteiger partial charge in [-0.1, -0.05) is 74.5 Å². The van der Waals surface area contributed by atoms with Gasteiger partial charge in [0.2, 0.25) is 0 Å². The van der Waals surface area contributed by atoms with Crippen LogP contribution in [0.25, 0.3) is 11.1 Å². The fourth-order valence-electron chi connectivity index (χ4n) is 5.13. The van der Waals surface area contributed by atoms with Crippen molar-refractivity contribution in [3.63, 3.8) is 0 Å². The molecular weight excluding hydrogens is 308 g/mol. The SMILES string of the molecule is CC(=O)O[C@@H]1[C@H](C)[C@H]2C[C@]1(C)C(c1ccccc1)=C2c1ccccc1. The average molecular weight is 332 g/mol. The second kappa shape index (κ2) is 5.87. The van der Waals surface area contributed by atoms with Gasteiger partial charge in [0.1, 0.15) is 6.10 Å². The molecule has 2 bridgehead atoms. The van der Waals surface area contributed by atoms with E-state index < -0.39 is 0 Å². The third-order valence-corrected chi connectivity index (χ3v) is 6.04. The van der Waals surface area contributed by atoms with Crippen molar-refractivity contribution in [3.05, 3.63) is 71.8 Å². The van der Waals surface area contributed by atoms with Gasteiger partial charge in [0, 0.05) is 18.3 Å². The molecule has 2 aromatic carbocycles. The maximum Gasteiger partial charge on any atom is 0.302 e. The Labute approximate surface area is 149 Å². The first-order valence-electron chi connectivity index (χ1n) is 9.05. The molecule has 4 atom stereocenters. The van der Waals surface area contributed by atoms with Crippen molar-refractivity contribution in [2.45, 2.75) is 33.3 Å². The predicted octanol–water partition coefficient (Wildman–Crippen LogP) is 5.21. The van der Waals surface area contributed by atoms with Crippen molar-refractivity contribution in [2.24, 2.45) is 17.3 Å². The zero-order valence-corrected chi connectivity index (χ0v) is 15.0. The van der Waals surface area contributed by atoms with E-state index in [0.717, 1.165) is 6.42 Å². The van der Waals surface area contributed by atoms with Crippen LogP contribution in [0, 0.1) is 17.3 Å². The van der Waals surface area contributed by atoms with Crippen LogP contribution in [0.1, 0.15) is 38.3 Å². The Bertz CT molecular complexity index is 822. The molecule has 0 heterocycles. The van der Waals surface area contributed by atoms with E-state index in [4.69, 9.17) is 4.74 Å². The number of benzene rings is 2. The molecular formula is C23H24O2. The molecule has 4 rings (SSSR count). The highest BCUT2D eigenvalue weighted by molar-refractivity contribution is 5.98. The van der Waals surface area contributed by atoms with Crippen molar-refractivity contribution in [3.8, 4) is 0 Å². The van der Waals surface area contributed by atoms with Crippen LogP contribution in [0.2, 0.25) is 0 Å². The number of esters is 1. The average Bonchev–Trinajstić information content (AvgIpc) is 3.06. The summed E-state index contributed by atoms with van der Waals surface area (Å²) in [6, 6.07) is 21.3. The van der Waals surface area contributed by atoms with Gasteiger partial charge in [-0.25, -0.2) is 0 Å². The molecule has 0 unspecified atom stereocenters. The van der Waals surface area contributed by atoms with Gasteiger partial charge in [-0.2, -0.15) is 0 Å². The summed E-state index contributed by atoms with van der Waals surface area (Å²) in [5.41, 5.74) is 5.19. The highest BCUT2D eigenvalue weighted by Crippen LogP contribution is 2.66. The van der Waals surface area contributed by atoms with Crippen LogP contribution in [0.5, 0.6) is 0 Å².